The van der Waals surface area contributed by atoms with Crippen LogP contribution in [0.5, 0.6) is 0 Å². The van der Waals surface area contributed by atoms with E-state index in [1.807, 2.05) is 0 Å². The summed E-state index contributed by atoms with van der Waals surface area (Å²) < 4.78 is 37.8. The third-order valence-corrected chi connectivity index (χ3v) is 3.70. The lowest BCUT2D eigenvalue weighted by molar-refractivity contribution is -0.137. The molecule has 0 aromatic heterocycles. The van der Waals surface area contributed by atoms with Crippen molar-refractivity contribution in [3.63, 3.8) is 0 Å². The van der Waals surface area contributed by atoms with Gasteiger partial charge in [0.15, 0.2) is 0 Å². The van der Waals surface area contributed by atoms with Gasteiger partial charge < -0.3 is 10.0 Å². The van der Waals surface area contributed by atoms with Crippen LogP contribution in [0.25, 0.3) is 0 Å². The Morgan fingerprint density at radius 2 is 1.74 bits per heavy atom. The van der Waals surface area contributed by atoms with Gasteiger partial charge in [-0.3, -0.25) is 4.79 Å². The van der Waals surface area contributed by atoms with Crippen molar-refractivity contribution in [2.75, 3.05) is 4.90 Å². The van der Waals surface area contributed by atoms with Crippen LogP contribution in [0.2, 0.25) is 0 Å². The summed E-state index contributed by atoms with van der Waals surface area (Å²) in [5.41, 5.74) is 0.118. The molecule has 3 rings (SSSR count). The molecular formula is C16H10F3NO3. The zero-order chi connectivity index (χ0) is 16.8. The predicted octanol–water partition coefficient (Wildman–Crippen LogP) is 3.56. The molecule has 4 nitrogen and oxygen atoms in total. The third-order valence-electron chi connectivity index (χ3n) is 3.70. The first-order chi connectivity index (χ1) is 10.8. The van der Waals surface area contributed by atoms with Crippen molar-refractivity contribution < 1.29 is 27.9 Å². The van der Waals surface area contributed by atoms with E-state index in [1.165, 1.54) is 35.2 Å². The van der Waals surface area contributed by atoms with Gasteiger partial charge in [-0.1, -0.05) is 6.07 Å². The van der Waals surface area contributed by atoms with Crippen LogP contribution in [0.4, 0.5) is 18.9 Å². The highest BCUT2D eigenvalue weighted by atomic mass is 19.4. The number of amides is 1. The Morgan fingerprint density at radius 3 is 2.30 bits per heavy atom. The molecule has 0 spiro atoms. The summed E-state index contributed by atoms with van der Waals surface area (Å²) in [6.45, 7) is 0.0159. The van der Waals surface area contributed by atoms with E-state index < -0.39 is 23.6 Å². The maximum atomic E-state index is 12.6. The van der Waals surface area contributed by atoms with Crippen molar-refractivity contribution in [2.24, 2.45) is 0 Å². The predicted molar refractivity (Wildman–Crippen MR) is 75.4 cm³/mol. The molecule has 0 fully saturated rings. The number of carbonyl (C=O) groups is 2. The minimum Gasteiger partial charge on any atom is -0.478 e. The number of nitrogens with zero attached hydrogens (tertiary/aromatic N) is 1. The fourth-order valence-corrected chi connectivity index (χ4v) is 2.57. The fourth-order valence-electron chi connectivity index (χ4n) is 2.57. The number of carbonyl (C=O) groups excluding carboxylic acids is 1. The number of carboxylic acid groups (broad SMARTS) is 1. The molecule has 1 heterocycles. The molecule has 0 aliphatic carbocycles. The quantitative estimate of drug-likeness (QED) is 0.920. The molecule has 0 bridgehead atoms. The van der Waals surface area contributed by atoms with Gasteiger partial charge in [0.05, 0.1) is 17.7 Å². The number of anilines is 1. The lowest BCUT2D eigenvalue weighted by Gasteiger charge is -2.16. The van der Waals surface area contributed by atoms with E-state index in [9.17, 15) is 22.8 Å². The van der Waals surface area contributed by atoms with Crippen LogP contribution >= 0.6 is 0 Å². The van der Waals surface area contributed by atoms with E-state index in [4.69, 9.17) is 5.11 Å². The second kappa shape index (κ2) is 5.12. The molecule has 0 atom stereocenters. The van der Waals surface area contributed by atoms with Crippen molar-refractivity contribution in [2.45, 2.75) is 12.7 Å². The summed E-state index contributed by atoms with van der Waals surface area (Å²) in [7, 11) is 0. The van der Waals surface area contributed by atoms with Crippen molar-refractivity contribution in [3.05, 3.63) is 64.7 Å². The minimum absolute atomic E-state index is 0.0159. The molecule has 23 heavy (non-hydrogen) atoms. The third kappa shape index (κ3) is 2.54. The fraction of sp³-hybridized carbons (Fsp3) is 0.125. The number of hydrogen-bond donors (Lipinski definition) is 1. The smallest absolute Gasteiger partial charge is 0.416 e. The van der Waals surface area contributed by atoms with Crippen molar-refractivity contribution >= 4 is 17.6 Å². The largest absolute Gasteiger partial charge is 0.478 e. The van der Waals surface area contributed by atoms with Crippen LogP contribution in [-0.2, 0) is 12.7 Å². The van der Waals surface area contributed by atoms with E-state index in [2.05, 4.69) is 0 Å². The molecule has 1 amide bonds. The Morgan fingerprint density at radius 1 is 1.09 bits per heavy atom. The van der Waals surface area contributed by atoms with E-state index in [1.54, 1.807) is 0 Å². The average molecular weight is 321 g/mol. The Bertz CT molecular complexity index is 797. The zero-order valence-corrected chi connectivity index (χ0v) is 11.6. The molecule has 2 aromatic carbocycles. The van der Waals surface area contributed by atoms with Gasteiger partial charge in [0.25, 0.3) is 5.91 Å². The van der Waals surface area contributed by atoms with Gasteiger partial charge in [0, 0.05) is 11.3 Å². The first-order valence-electron chi connectivity index (χ1n) is 6.63. The van der Waals surface area contributed by atoms with Gasteiger partial charge in [0.1, 0.15) is 0 Å². The van der Waals surface area contributed by atoms with Gasteiger partial charge >= 0.3 is 12.1 Å². The maximum Gasteiger partial charge on any atom is 0.416 e. The molecule has 2 aromatic rings. The zero-order valence-electron chi connectivity index (χ0n) is 11.6. The number of halogens is 3. The summed E-state index contributed by atoms with van der Waals surface area (Å²) in [6.07, 6.45) is -4.45. The number of alkyl halides is 3. The minimum atomic E-state index is -4.45. The van der Waals surface area contributed by atoms with E-state index >= 15 is 0 Å². The normalized spacial score (nSPS) is 14.0. The van der Waals surface area contributed by atoms with Crippen LogP contribution in [0, 0.1) is 0 Å². The summed E-state index contributed by atoms with van der Waals surface area (Å²) in [5.74, 6) is -1.58. The molecule has 1 N–H and O–H groups in total. The number of hydrogen-bond acceptors (Lipinski definition) is 2. The van der Waals surface area contributed by atoms with Crippen LogP contribution in [0.1, 0.15) is 31.8 Å². The van der Waals surface area contributed by atoms with Crippen LogP contribution in [0.3, 0.4) is 0 Å². The number of fused-ring (bicyclic) bond motifs is 1. The van der Waals surface area contributed by atoms with Crippen LogP contribution < -0.4 is 4.90 Å². The van der Waals surface area contributed by atoms with E-state index in [0.29, 0.717) is 5.56 Å². The summed E-state index contributed by atoms with van der Waals surface area (Å²) >= 11 is 0. The highest BCUT2D eigenvalue weighted by molar-refractivity contribution is 6.12. The maximum absolute atomic E-state index is 12.6. The van der Waals surface area contributed by atoms with Crippen molar-refractivity contribution in [3.8, 4) is 0 Å². The van der Waals surface area contributed by atoms with E-state index in [0.717, 1.165) is 12.1 Å². The van der Waals surface area contributed by atoms with Gasteiger partial charge in [0.2, 0.25) is 0 Å². The highest BCUT2D eigenvalue weighted by Crippen LogP contribution is 2.34. The molecule has 0 saturated carbocycles. The lowest BCUT2D eigenvalue weighted by Crippen LogP contribution is -2.23. The summed E-state index contributed by atoms with van der Waals surface area (Å²) in [5, 5.41) is 9.16. The first-order valence-corrected chi connectivity index (χ1v) is 6.63. The molecule has 0 unspecified atom stereocenters. The number of benzene rings is 2. The number of rotatable bonds is 2. The number of aromatic carboxylic acids is 1. The first kappa shape index (κ1) is 15.1. The molecular weight excluding hydrogens is 311 g/mol. The molecule has 0 radical (unpaired) electrons. The Balaban J connectivity index is 1.96. The molecule has 1 aliphatic heterocycles. The Kier molecular flexibility index (Phi) is 3.35. The van der Waals surface area contributed by atoms with Gasteiger partial charge in [-0.2, -0.15) is 13.2 Å². The number of carboxylic acids is 1. The molecule has 7 heteroatoms. The molecule has 0 saturated heterocycles. The van der Waals surface area contributed by atoms with Crippen molar-refractivity contribution in [1.82, 2.24) is 0 Å². The van der Waals surface area contributed by atoms with Crippen LogP contribution in [-0.4, -0.2) is 17.0 Å². The SMILES string of the molecule is O=C(O)c1cccc2c1CN(c1ccc(C(F)(F)F)cc1)C2=O. The highest BCUT2D eigenvalue weighted by Gasteiger charge is 2.33. The lowest BCUT2D eigenvalue weighted by atomic mass is 10.0. The van der Waals surface area contributed by atoms with Gasteiger partial charge in [-0.15, -0.1) is 0 Å². The Labute approximate surface area is 128 Å². The van der Waals surface area contributed by atoms with E-state index in [-0.39, 0.29) is 23.4 Å². The summed E-state index contributed by atoms with van der Waals surface area (Å²) in [6, 6.07) is 8.56. The van der Waals surface area contributed by atoms with Crippen molar-refractivity contribution in [1.29, 1.82) is 0 Å². The standard InChI is InChI=1S/C16H10F3NO3/c17-16(18,19)9-4-6-10(7-5-9)20-8-13-11(14(20)21)2-1-3-12(13)15(22)23/h1-7H,8H2,(H,22,23). The van der Waals surface area contributed by atoms with Gasteiger partial charge in [-0.05, 0) is 42.0 Å². The topological polar surface area (TPSA) is 57.6 Å². The molecule has 1 aliphatic rings. The Hall–Kier alpha value is -2.83. The van der Waals surface area contributed by atoms with Crippen LogP contribution in [0.15, 0.2) is 42.5 Å². The average Bonchev–Trinajstić information content (AvgIpc) is 2.84. The summed E-state index contributed by atoms with van der Waals surface area (Å²) in [4.78, 5) is 24.8. The monoisotopic (exact) mass is 321 g/mol. The van der Waals surface area contributed by atoms with Gasteiger partial charge in [-0.25, -0.2) is 4.79 Å². The second-order valence-electron chi connectivity index (χ2n) is 5.07. The molecule has 118 valence electrons. The second-order valence-corrected chi connectivity index (χ2v) is 5.07.